The fraction of sp³-hybridized carbons (Fsp3) is 0.588. The van der Waals surface area contributed by atoms with Crippen molar-refractivity contribution in [3.63, 3.8) is 0 Å². The summed E-state index contributed by atoms with van der Waals surface area (Å²) in [6, 6.07) is 6.48. The van der Waals surface area contributed by atoms with Gasteiger partial charge in [0.15, 0.2) is 0 Å². The predicted octanol–water partition coefficient (Wildman–Crippen LogP) is 2.43. The first kappa shape index (κ1) is 17.0. The number of fused-ring (bicyclic) bond motifs is 2. The largest absolute Gasteiger partial charge is 0.312 e. The third kappa shape index (κ3) is 3.10. The summed E-state index contributed by atoms with van der Waals surface area (Å²) < 4.78 is 0. The molecule has 1 aliphatic carbocycles. The SMILES string of the molecule is C[C@@H]1CN(CC(=O)N2CC3(CC3)c3ccc(Cl)cc32)CCN1.Cl. The Balaban J connectivity index is 0.00000156. The van der Waals surface area contributed by atoms with Crippen molar-refractivity contribution < 1.29 is 4.79 Å². The van der Waals surface area contributed by atoms with E-state index in [1.54, 1.807) is 0 Å². The van der Waals surface area contributed by atoms with Gasteiger partial charge in [-0.05, 0) is 37.5 Å². The summed E-state index contributed by atoms with van der Waals surface area (Å²) >= 11 is 6.16. The van der Waals surface area contributed by atoms with E-state index in [9.17, 15) is 4.79 Å². The number of nitrogens with one attached hydrogen (secondary N) is 1. The van der Waals surface area contributed by atoms with E-state index < -0.39 is 0 Å². The van der Waals surface area contributed by atoms with Gasteiger partial charge in [0.1, 0.15) is 0 Å². The van der Waals surface area contributed by atoms with E-state index in [0.29, 0.717) is 17.6 Å². The van der Waals surface area contributed by atoms with Crippen molar-refractivity contribution in [2.45, 2.75) is 31.2 Å². The number of carbonyl (C=O) groups is 1. The molecule has 2 fully saturated rings. The van der Waals surface area contributed by atoms with E-state index in [1.165, 1.54) is 18.4 Å². The molecule has 0 bridgehead atoms. The van der Waals surface area contributed by atoms with Crippen LogP contribution in [0, 0.1) is 0 Å². The van der Waals surface area contributed by atoms with Gasteiger partial charge in [0.25, 0.3) is 0 Å². The zero-order valence-electron chi connectivity index (χ0n) is 13.3. The third-order valence-corrected chi connectivity index (χ3v) is 5.48. The number of nitrogens with zero attached hydrogens (tertiary/aromatic N) is 2. The van der Waals surface area contributed by atoms with Gasteiger partial charge in [-0.25, -0.2) is 0 Å². The highest BCUT2D eigenvalue weighted by atomic mass is 35.5. The van der Waals surface area contributed by atoms with Crippen LogP contribution in [0.25, 0.3) is 0 Å². The van der Waals surface area contributed by atoms with Crippen molar-refractivity contribution in [1.82, 2.24) is 10.2 Å². The third-order valence-electron chi connectivity index (χ3n) is 5.25. The molecule has 1 atom stereocenters. The predicted molar refractivity (Wildman–Crippen MR) is 95.9 cm³/mol. The number of hydrogen-bond acceptors (Lipinski definition) is 3. The van der Waals surface area contributed by atoms with Crippen LogP contribution in [-0.2, 0) is 10.2 Å². The minimum Gasteiger partial charge on any atom is -0.312 e. The first-order valence-electron chi connectivity index (χ1n) is 8.14. The molecule has 3 aliphatic rings. The standard InChI is InChI=1S/C17H22ClN3O.ClH/c1-12-9-20(7-6-19-12)10-16(22)21-11-17(4-5-17)14-3-2-13(18)8-15(14)21;/h2-3,8,12,19H,4-7,9-11H2,1H3;1H/t12-;/m1./s1. The minimum absolute atomic E-state index is 0. The molecule has 1 saturated carbocycles. The molecule has 4 rings (SSSR count). The van der Waals surface area contributed by atoms with Gasteiger partial charge in [0.05, 0.1) is 6.54 Å². The van der Waals surface area contributed by atoms with Crippen LogP contribution in [0.2, 0.25) is 5.02 Å². The molecular formula is C17H23Cl2N3O. The van der Waals surface area contributed by atoms with Crippen LogP contribution in [0.1, 0.15) is 25.3 Å². The Morgan fingerprint density at radius 3 is 2.91 bits per heavy atom. The molecule has 1 aromatic rings. The number of hydrogen-bond donors (Lipinski definition) is 1. The molecule has 1 spiro atoms. The van der Waals surface area contributed by atoms with Gasteiger partial charge in [-0.15, -0.1) is 12.4 Å². The van der Waals surface area contributed by atoms with Crippen molar-refractivity contribution in [3.05, 3.63) is 28.8 Å². The first-order chi connectivity index (χ1) is 10.6. The average molecular weight is 356 g/mol. The second-order valence-corrected chi connectivity index (χ2v) is 7.45. The monoisotopic (exact) mass is 355 g/mol. The fourth-order valence-electron chi connectivity index (χ4n) is 3.88. The maximum Gasteiger partial charge on any atom is 0.241 e. The molecule has 0 aromatic heterocycles. The van der Waals surface area contributed by atoms with Gasteiger partial charge in [-0.3, -0.25) is 9.69 Å². The molecule has 1 amide bonds. The van der Waals surface area contributed by atoms with Crippen LogP contribution >= 0.6 is 24.0 Å². The quantitative estimate of drug-likeness (QED) is 0.884. The smallest absolute Gasteiger partial charge is 0.241 e. The van der Waals surface area contributed by atoms with Gasteiger partial charge >= 0.3 is 0 Å². The number of halogens is 2. The van der Waals surface area contributed by atoms with Crippen molar-refractivity contribution >= 4 is 35.6 Å². The van der Waals surface area contributed by atoms with Crippen molar-refractivity contribution in [2.24, 2.45) is 0 Å². The lowest BCUT2D eigenvalue weighted by molar-refractivity contribution is -0.120. The molecule has 1 saturated heterocycles. The van der Waals surface area contributed by atoms with Gasteiger partial charge in [-0.1, -0.05) is 17.7 Å². The number of carbonyl (C=O) groups excluding carboxylic acids is 1. The Morgan fingerprint density at radius 1 is 1.43 bits per heavy atom. The van der Waals surface area contributed by atoms with Crippen LogP contribution in [-0.4, -0.2) is 49.6 Å². The van der Waals surface area contributed by atoms with E-state index in [2.05, 4.69) is 23.2 Å². The number of benzene rings is 1. The summed E-state index contributed by atoms with van der Waals surface area (Å²) in [5.41, 5.74) is 2.59. The molecular weight excluding hydrogens is 333 g/mol. The lowest BCUT2D eigenvalue weighted by Crippen LogP contribution is -2.52. The highest BCUT2D eigenvalue weighted by Crippen LogP contribution is 2.56. The van der Waals surface area contributed by atoms with Crippen molar-refractivity contribution in [3.8, 4) is 0 Å². The molecule has 0 radical (unpaired) electrons. The molecule has 2 heterocycles. The Labute approximate surface area is 148 Å². The molecule has 126 valence electrons. The summed E-state index contributed by atoms with van der Waals surface area (Å²) in [4.78, 5) is 17.1. The minimum atomic E-state index is 0. The topological polar surface area (TPSA) is 35.6 Å². The Kier molecular flexibility index (Phi) is 4.62. The zero-order valence-corrected chi connectivity index (χ0v) is 14.9. The van der Waals surface area contributed by atoms with E-state index in [-0.39, 0.29) is 23.7 Å². The van der Waals surface area contributed by atoms with Crippen LogP contribution in [0.4, 0.5) is 5.69 Å². The molecule has 0 unspecified atom stereocenters. The van der Waals surface area contributed by atoms with Gasteiger partial charge in [0, 0.05) is 48.3 Å². The number of rotatable bonds is 2. The van der Waals surface area contributed by atoms with Gasteiger partial charge < -0.3 is 10.2 Å². The molecule has 6 heteroatoms. The second kappa shape index (κ2) is 6.25. The number of anilines is 1. The zero-order chi connectivity index (χ0) is 15.3. The highest BCUT2D eigenvalue weighted by Gasteiger charge is 2.52. The Bertz CT molecular complexity index is 618. The van der Waals surface area contributed by atoms with Crippen LogP contribution in [0.5, 0.6) is 0 Å². The maximum atomic E-state index is 12.8. The fourth-order valence-corrected chi connectivity index (χ4v) is 4.05. The average Bonchev–Trinajstić information content (AvgIpc) is 3.17. The molecule has 1 aromatic carbocycles. The van der Waals surface area contributed by atoms with Crippen molar-refractivity contribution in [1.29, 1.82) is 0 Å². The van der Waals surface area contributed by atoms with Crippen LogP contribution in [0.3, 0.4) is 0 Å². The second-order valence-electron chi connectivity index (χ2n) is 7.01. The number of amides is 1. The summed E-state index contributed by atoms with van der Waals surface area (Å²) in [5, 5.41) is 4.13. The van der Waals surface area contributed by atoms with Gasteiger partial charge in [-0.2, -0.15) is 0 Å². The molecule has 23 heavy (non-hydrogen) atoms. The van der Waals surface area contributed by atoms with Crippen LogP contribution < -0.4 is 10.2 Å². The first-order valence-corrected chi connectivity index (χ1v) is 8.51. The Morgan fingerprint density at radius 2 is 2.22 bits per heavy atom. The number of piperazine rings is 1. The normalized spacial score (nSPS) is 25.1. The molecule has 1 N–H and O–H groups in total. The van der Waals surface area contributed by atoms with E-state index in [0.717, 1.165) is 31.9 Å². The van der Waals surface area contributed by atoms with Crippen LogP contribution in [0.15, 0.2) is 18.2 Å². The van der Waals surface area contributed by atoms with Gasteiger partial charge in [0.2, 0.25) is 5.91 Å². The summed E-state index contributed by atoms with van der Waals surface area (Å²) in [6.07, 6.45) is 2.38. The lowest BCUT2D eigenvalue weighted by atomic mass is 9.99. The summed E-state index contributed by atoms with van der Waals surface area (Å²) in [5.74, 6) is 0.210. The van der Waals surface area contributed by atoms with E-state index >= 15 is 0 Å². The lowest BCUT2D eigenvalue weighted by Gasteiger charge is -2.32. The highest BCUT2D eigenvalue weighted by molar-refractivity contribution is 6.31. The maximum absolute atomic E-state index is 12.8. The Hall–Kier alpha value is -0.810. The van der Waals surface area contributed by atoms with Crippen molar-refractivity contribution in [2.75, 3.05) is 37.6 Å². The molecule has 2 aliphatic heterocycles. The van der Waals surface area contributed by atoms with E-state index in [4.69, 9.17) is 11.6 Å². The summed E-state index contributed by atoms with van der Waals surface area (Å²) in [7, 11) is 0. The molecule has 4 nitrogen and oxygen atoms in total. The summed E-state index contributed by atoms with van der Waals surface area (Å²) in [6.45, 7) is 6.35. The van der Waals surface area contributed by atoms with E-state index in [1.807, 2.05) is 17.0 Å².